The molecule has 17 heavy (non-hydrogen) atoms. The SMILES string of the molecule is CS(=O)(=O)c1cccnc1NCC(O)C(F)F. The lowest BCUT2D eigenvalue weighted by atomic mass is 10.3. The minimum absolute atomic E-state index is 0.0466. The van der Waals surface area contributed by atoms with Crippen LogP contribution in [-0.4, -0.2) is 43.8 Å². The van der Waals surface area contributed by atoms with Crippen LogP contribution in [0.2, 0.25) is 0 Å². The number of alkyl halides is 2. The fraction of sp³-hybridized carbons (Fsp3) is 0.444. The van der Waals surface area contributed by atoms with Crippen LogP contribution in [0.5, 0.6) is 0 Å². The molecule has 1 aromatic heterocycles. The maximum absolute atomic E-state index is 12.0. The fourth-order valence-corrected chi connectivity index (χ4v) is 1.91. The predicted molar refractivity (Wildman–Crippen MR) is 57.8 cm³/mol. The molecule has 0 saturated heterocycles. The van der Waals surface area contributed by atoms with E-state index in [9.17, 15) is 17.2 Å². The summed E-state index contributed by atoms with van der Waals surface area (Å²) < 4.78 is 46.8. The Balaban J connectivity index is 2.85. The number of nitrogens with zero attached hydrogens (tertiary/aromatic N) is 1. The monoisotopic (exact) mass is 266 g/mol. The van der Waals surface area contributed by atoms with Gasteiger partial charge in [0.25, 0.3) is 6.43 Å². The lowest BCUT2D eigenvalue weighted by Gasteiger charge is -2.13. The van der Waals surface area contributed by atoms with Crippen molar-refractivity contribution < 1.29 is 22.3 Å². The number of hydrogen-bond donors (Lipinski definition) is 2. The summed E-state index contributed by atoms with van der Waals surface area (Å²) in [6.07, 6.45) is -2.46. The van der Waals surface area contributed by atoms with Gasteiger partial charge in [-0.3, -0.25) is 0 Å². The molecule has 1 rings (SSSR count). The van der Waals surface area contributed by atoms with Gasteiger partial charge in [0, 0.05) is 19.0 Å². The second-order valence-corrected chi connectivity index (χ2v) is 5.39. The zero-order valence-electron chi connectivity index (χ0n) is 8.97. The number of aliphatic hydroxyl groups excluding tert-OH is 1. The number of pyridine rings is 1. The first-order valence-corrected chi connectivity index (χ1v) is 6.56. The van der Waals surface area contributed by atoms with Gasteiger partial charge in [0.2, 0.25) is 0 Å². The Morgan fingerprint density at radius 1 is 1.53 bits per heavy atom. The first kappa shape index (κ1) is 13.8. The highest BCUT2D eigenvalue weighted by atomic mass is 32.2. The maximum Gasteiger partial charge on any atom is 0.265 e. The zero-order chi connectivity index (χ0) is 13.1. The Labute approximate surface area is 97.4 Å². The van der Waals surface area contributed by atoms with E-state index in [1.54, 1.807) is 0 Å². The highest BCUT2D eigenvalue weighted by Gasteiger charge is 2.19. The molecule has 0 aliphatic rings. The van der Waals surface area contributed by atoms with E-state index < -0.39 is 28.9 Å². The number of aliphatic hydroxyl groups is 1. The molecule has 0 amide bonds. The zero-order valence-corrected chi connectivity index (χ0v) is 9.79. The second kappa shape index (κ2) is 5.37. The molecule has 0 bridgehead atoms. The van der Waals surface area contributed by atoms with Crippen molar-refractivity contribution in [2.45, 2.75) is 17.4 Å². The van der Waals surface area contributed by atoms with Gasteiger partial charge in [-0.2, -0.15) is 0 Å². The Morgan fingerprint density at radius 3 is 2.71 bits per heavy atom. The lowest BCUT2D eigenvalue weighted by molar-refractivity contribution is 0.00378. The summed E-state index contributed by atoms with van der Waals surface area (Å²) in [6.45, 7) is -0.475. The van der Waals surface area contributed by atoms with Crippen LogP contribution in [0.15, 0.2) is 23.2 Å². The molecule has 1 heterocycles. The van der Waals surface area contributed by atoms with Crippen molar-refractivity contribution in [3.05, 3.63) is 18.3 Å². The molecule has 0 radical (unpaired) electrons. The smallest absolute Gasteiger partial charge is 0.265 e. The van der Waals surface area contributed by atoms with Crippen LogP contribution in [0.4, 0.5) is 14.6 Å². The molecule has 0 aliphatic heterocycles. The van der Waals surface area contributed by atoms with Gasteiger partial charge in [0.1, 0.15) is 16.8 Å². The molecule has 0 aliphatic carbocycles. The highest BCUT2D eigenvalue weighted by molar-refractivity contribution is 7.90. The van der Waals surface area contributed by atoms with Gasteiger partial charge in [-0.1, -0.05) is 0 Å². The number of hydrogen-bond acceptors (Lipinski definition) is 5. The Bertz CT molecular complexity index is 479. The van der Waals surface area contributed by atoms with Gasteiger partial charge in [-0.25, -0.2) is 22.2 Å². The van der Waals surface area contributed by atoms with Crippen LogP contribution in [0.3, 0.4) is 0 Å². The van der Waals surface area contributed by atoms with Crippen molar-refractivity contribution in [2.24, 2.45) is 0 Å². The van der Waals surface area contributed by atoms with Crippen molar-refractivity contribution in [3.63, 3.8) is 0 Å². The number of anilines is 1. The van der Waals surface area contributed by atoms with Gasteiger partial charge in [-0.15, -0.1) is 0 Å². The van der Waals surface area contributed by atoms with E-state index in [-0.39, 0.29) is 10.7 Å². The van der Waals surface area contributed by atoms with Gasteiger partial charge in [0.15, 0.2) is 9.84 Å². The topological polar surface area (TPSA) is 79.3 Å². The normalized spacial score (nSPS) is 13.7. The minimum atomic E-state index is -3.50. The number of nitrogens with one attached hydrogen (secondary N) is 1. The molecule has 1 unspecified atom stereocenters. The first-order valence-electron chi connectivity index (χ1n) is 4.67. The number of halogens is 2. The Morgan fingerprint density at radius 2 is 2.18 bits per heavy atom. The highest BCUT2D eigenvalue weighted by Crippen LogP contribution is 2.17. The van der Waals surface area contributed by atoms with Crippen molar-refractivity contribution in [2.75, 3.05) is 18.1 Å². The molecule has 1 aromatic rings. The quantitative estimate of drug-likeness (QED) is 0.812. The summed E-state index contributed by atoms with van der Waals surface area (Å²) in [7, 11) is -3.50. The summed E-state index contributed by atoms with van der Waals surface area (Å²) in [6, 6.07) is 2.73. The van der Waals surface area contributed by atoms with Crippen molar-refractivity contribution in [3.8, 4) is 0 Å². The van der Waals surface area contributed by atoms with E-state index in [4.69, 9.17) is 5.11 Å². The van der Waals surface area contributed by atoms with Crippen LogP contribution in [-0.2, 0) is 9.84 Å². The van der Waals surface area contributed by atoms with E-state index in [0.717, 1.165) is 6.26 Å². The van der Waals surface area contributed by atoms with Crippen LogP contribution < -0.4 is 5.32 Å². The fourth-order valence-electron chi connectivity index (χ4n) is 1.11. The molecule has 8 heteroatoms. The molecule has 96 valence electrons. The van der Waals surface area contributed by atoms with E-state index in [2.05, 4.69) is 10.3 Å². The molecule has 0 spiro atoms. The van der Waals surface area contributed by atoms with Crippen molar-refractivity contribution >= 4 is 15.7 Å². The summed E-state index contributed by atoms with van der Waals surface area (Å²) >= 11 is 0. The number of rotatable bonds is 5. The van der Waals surface area contributed by atoms with Crippen molar-refractivity contribution in [1.82, 2.24) is 4.98 Å². The summed E-state index contributed by atoms with van der Waals surface area (Å²) in [5.74, 6) is -0.0466. The average Bonchev–Trinajstić information content (AvgIpc) is 2.24. The third-order valence-corrected chi connectivity index (χ3v) is 3.07. The van der Waals surface area contributed by atoms with Gasteiger partial charge < -0.3 is 10.4 Å². The maximum atomic E-state index is 12.0. The van der Waals surface area contributed by atoms with Crippen LogP contribution in [0.25, 0.3) is 0 Å². The molecule has 2 N–H and O–H groups in total. The van der Waals surface area contributed by atoms with Crippen LogP contribution >= 0.6 is 0 Å². The molecular formula is C9H12F2N2O3S. The van der Waals surface area contributed by atoms with E-state index in [0.29, 0.717) is 0 Å². The largest absolute Gasteiger partial charge is 0.385 e. The van der Waals surface area contributed by atoms with Gasteiger partial charge in [0.05, 0.1) is 0 Å². The third kappa shape index (κ3) is 3.90. The Kier molecular flexibility index (Phi) is 4.35. The average molecular weight is 266 g/mol. The molecule has 5 nitrogen and oxygen atoms in total. The van der Waals surface area contributed by atoms with Gasteiger partial charge >= 0.3 is 0 Å². The Hall–Kier alpha value is -1.28. The van der Waals surface area contributed by atoms with E-state index >= 15 is 0 Å². The molecule has 0 saturated carbocycles. The number of aromatic nitrogens is 1. The first-order chi connectivity index (χ1) is 7.82. The van der Waals surface area contributed by atoms with Gasteiger partial charge in [-0.05, 0) is 12.1 Å². The van der Waals surface area contributed by atoms with Crippen LogP contribution in [0, 0.1) is 0 Å². The summed E-state index contributed by atoms with van der Waals surface area (Å²) in [4.78, 5) is 3.63. The lowest BCUT2D eigenvalue weighted by Crippen LogP contribution is -2.27. The molecule has 0 fully saturated rings. The molecular weight excluding hydrogens is 254 g/mol. The third-order valence-electron chi connectivity index (χ3n) is 1.94. The second-order valence-electron chi connectivity index (χ2n) is 3.41. The molecule has 1 atom stereocenters. The van der Waals surface area contributed by atoms with Crippen molar-refractivity contribution in [1.29, 1.82) is 0 Å². The molecule has 0 aromatic carbocycles. The predicted octanol–water partition coefficient (Wildman–Crippen LogP) is 0.523. The standard InChI is InChI=1S/C9H12F2N2O3S/c1-17(15,16)7-3-2-4-12-9(7)13-5-6(14)8(10)11/h2-4,6,8,14H,5H2,1H3,(H,12,13). The van der Waals surface area contributed by atoms with E-state index in [1.165, 1.54) is 18.3 Å². The number of sulfone groups is 1. The summed E-state index contributed by atoms with van der Waals surface area (Å²) in [5, 5.41) is 11.3. The van der Waals surface area contributed by atoms with E-state index in [1.807, 2.05) is 0 Å². The minimum Gasteiger partial charge on any atom is -0.385 e. The summed E-state index contributed by atoms with van der Waals surface area (Å²) in [5.41, 5.74) is 0. The van der Waals surface area contributed by atoms with Crippen LogP contribution in [0.1, 0.15) is 0 Å².